The van der Waals surface area contributed by atoms with Crippen LogP contribution in [0.15, 0.2) is 24.3 Å². The number of hydrazine groups is 1. The van der Waals surface area contributed by atoms with E-state index in [1.807, 2.05) is 12.1 Å². The molecule has 114 valence electrons. The summed E-state index contributed by atoms with van der Waals surface area (Å²) in [4.78, 5) is 25.7. The van der Waals surface area contributed by atoms with Crippen molar-refractivity contribution in [3.63, 3.8) is 0 Å². The summed E-state index contributed by atoms with van der Waals surface area (Å²) in [6, 6.07) is 5.66. The molecule has 1 heterocycles. The quantitative estimate of drug-likeness (QED) is 0.809. The zero-order chi connectivity index (χ0) is 15.2. The highest BCUT2D eigenvalue weighted by Gasteiger charge is 2.16. The molecule has 6 nitrogen and oxygen atoms in total. The number of benzene rings is 1. The number of hydrogen-bond donors (Lipinski definition) is 2. The highest BCUT2D eigenvalue weighted by molar-refractivity contribution is 5.96. The molecule has 2 amide bonds. The molecule has 21 heavy (non-hydrogen) atoms. The van der Waals surface area contributed by atoms with Crippen LogP contribution in [-0.2, 0) is 4.79 Å². The molecule has 2 rings (SSSR count). The van der Waals surface area contributed by atoms with Crippen LogP contribution >= 0.6 is 0 Å². The normalized spacial score (nSPS) is 16.5. The number of carbonyl (C=O) groups excluding carboxylic acids is 2. The predicted octanol–water partition coefficient (Wildman–Crippen LogP) is -0.166. The Morgan fingerprint density at radius 3 is 2.52 bits per heavy atom. The summed E-state index contributed by atoms with van der Waals surface area (Å²) in [5.74, 6) is -1.51. The minimum atomic E-state index is -0.602. The van der Waals surface area contributed by atoms with E-state index in [1.165, 1.54) is 18.2 Å². The minimum Gasteiger partial charge on any atom is -0.343 e. The molecule has 0 spiro atoms. The Kier molecular flexibility index (Phi) is 5.24. The molecule has 1 aliphatic rings. The number of nitrogens with one attached hydrogen (secondary N) is 2. The molecule has 0 aliphatic carbocycles. The number of likely N-dealkylation sites (N-methyl/N-ethyl adjacent to an activating group) is 1. The van der Waals surface area contributed by atoms with Crippen LogP contribution in [0.5, 0.6) is 0 Å². The first-order valence-electron chi connectivity index (χ1n) is 6.82. The third-order valence-electron chi connectivity index (χ3n) is 3.31. The van der Waals surface area contributed by atoms with Gasteiger partial charge in [-0.05, 0) is 19.2 Å². The van der Waals surface area contributed by atoms with Crippen molar-refractivity contribution in [2.75, 3.05) is 39.8 Å². The molecule has 0 atom stereocenters. The van der Waals surface area contributed by atoms with E-state index in [-0.39, 0.29) is 18.0 Å². The van der Waals surface area contributed by atoms with E-state index >= 15 is 0 Å². The molecule has 0 aromatic heterocycles. The first kappa shape index (κ1) is 15.4. The van der Waals surface area contributed by atoms with Crippen molar-refractivity contribution >= 4 is 11.8 Å². The topological polar surface area (TPSA) is 64.7 Å². The van der Waals surface area contributed by atoms with Crippen molar-refractivity contribution in [2.24, 2.45) is 0 Å². The maximum absolute atomic E-state index is 13.4. The van der Waals surface area contributed by atoms with Gasteiger partial charge in [0.15, 0.2) is 0 Å². The minimum absolute atomic E-state index is 0.0649. The Balaban J connectivity index is 1.76. The van der Waals surface area contributed by atoms with Gasteiger partial charge in [0.2, 0.25) is 0 Å². The van der Waals surface area contributed by atoms with Crippen LogP contribution < -0.4 is 10.7 Å². The average molecular weight is 294 g/mol. The van der Waals surface area contributed by atoms with Crippen LogP contribution in [-0.4, -0.2) is 61.5 Å². The Morgan fingerprint density at radius 2 is 1.86 bits per heavy atom. The van der Waals surface area contributed by atoms with Crippen molar-refractivity contribution in [1.82, 2.24) is 20.7 Å². The standard InChI is InChI=1S/C14H19FN4O2/c1-18-6-8-19(9-7-18)17-13(20)10-16-14(21)11-4-2-3-5-12(11)15/h2-5H,6-10H2,1H3,(H,16,21)(H,17,20). The molecule has 0 saturated carbocycles. The zero-order valence-corrected chi connectivity index (χ0v) is 11.9. The van der Waals surface area contributed by atoms with Crippen molar-refractivity contribution in [3.05, 3.63) is 35.6 Å². The van der Waals surface area contributed by atoms with Gasteiger partial charge in [-0.2, -0.15) is 0 Å². The van der Waals surface area contributed by atoms with Crippen LogP contribution in [0.4, 0.5) is 4.39 Å². The van der Waals surface area contributed by atoms with Gasteiger partial charge >= 0.3 is 0 Å². The number of hydrogen-bond acceptors (Lipinski definition) is 4. The number of halogens is 1. The van der Waals surface area contributed by atoms with Gasteiger partial charge in [0.25, 0.3) is 11.8 Å². The Morgan fingerprint density at radius 1 is 1.19 bits per heavy atom. The highest BCUT2D eigenvalue weighted by atomic mass is 19.1. The fourth-order valence-corrected chi connectivity index (χ4v) is 2.04. The van der Waals surface area contributed by atoms with E-state index in [0.717, 1.165) is 26.2 Å². The highest BCUT2D eigenvalue weighted by Crippen LogP contribution is 2.05. The molecule has 7 heteroatoms. The average Bonchev–Trinajstić information content (AvgIpc) is 2.48. The Labute approximate surface area is 122 Å². The first-order chi connectivity index (χ1) is 10.1. The molecule has 0 unspecified atom stereocenters. The summed E-state index contributed by atoms with van der Waals surface area (Å²) in [7, 11) is 2.02. The van der Waals surface area contributed by atoms with Crippen molar-refractivity contribution in [3.8, 4) is 0 Å². The maximum atomic E-state index is 13.4. The molecular formula is C14H19FN4O2. The van der Waals surface area contributed by atoms with Gasteiger partial charge < -0.3 is 10.2 Å². The molecule has 0 radical (unpaired) electrons. The zero-order valence-electron chi connectivity index (χ0n) is 11.9. The molecular weight excluding hydrogens is 275 g/mol. The third kappa shape index (κ3) is 4.51. The predicted molar refractivity (Wildman–Crippen MR) is 75.9 cm³/mol. The number of carbonyl (C=O) groups is 2. The van der Waals surface area contributed by atoms with Gasteiger partial charge in [-0.25, -0.2) is 9.40 Å². The fraction of sp³-hybridized carbons (Fsp3) is 0.429. The summed E-state index contributed by atoms with van der Waals surface area (Å²) in [6.07, 6.45) is 0. The Hall–Kier alpha value is -1.99. The second kappa shape index (κ2) is 7.14. The van der Waals surface area contributed by atoms with Crippen molar-refractivity contribution < 1.29 is 14.0 Å². The van der Waals surface area contributed by atoms with Crippen molar-refractivity contribution in [1.29, 1.82) is 0 Å². The fourth-order valence-electron chi connectivity index (χ4n) is 2.04. The number of piperazine rings is 1. The smallest absolute Gasteiger partial charge is 0.254 e. The van der Waals surface area contributed by atoms with E-state index in [0.29, 0.717) is 0 Å². The molecule has 1 aromatic rings. The maximum Gasteiger partial charge on any atom is 0.254 e. The van der Waals surface area contributed by atoms with Gasteiger partial charge in [0, 0.05) is 26.2 Å². The molecule has 1 aliphatic heterocycles. The van der Waals surface area contributed by atoms with E-state index in [2.05, 4.69) is 15.6 Å². The number of amides is 2. The Bertz CT molecular complexity index is 515. The monoisotopic (exact) mass is 294 g/mol. The molecule has 2 N–H and O–H groups in total. The molecule has 1 aromatic carbocycles. The van der Waals surface area contributed by atoms with Gasteiger partial charge in [0.1, 0.15) is 5.82 Å². The van der Waals surface area contributed by atoms with E-state index in [9.17, 15) is 14.0 Å². The summed E-state index contributed by atoms with van der Waals surface area (Å²) in [6.45, 7) is 3.05. The van der Waals surface area contributed by atoms with Gasteiger partial charge in [-0.1, -0.05) is 12.1 Å². The number of rotatable bonds is 4. The van der Waals surface area contributed by atoms with Crippen LogP contribution in [0.3, 0.4) is 0 Å². The second-order valence-electron chi connectivity index (χ2n) is 4.99. The number of nitrogens with zero attached hydrogens (tertiary/aromatic N) is 2. The van der Waals surface area contributed by atoms with Gasteiger partial charge in [-0.15, -0.1) is 0 Å². The van der Waals surface area contributed by atoms with Crippen LogP contribution in [0, 0.1) is 5.82 Å². The lowest BCUT2D eigenvalue weighted by molar-refractivity contribution is -0.125. The summed E-state index contributed by atoms with van der Waals surface area (Å²) in [5.41, 5.74) is 2.66. The van der Waals surface area contributed by atoms with E-state index < -0.39 is 11.7 Å². The molecule has 0 bridgehead atoms. The third-order valence-corrected chi connectivity index (χ3v) is 3.31. The lowest BCUT2D eigenvalue weighted by atomic mass is 10.2. The van der Waals surface area contributed by atoms with Crippen LogP contribution in [0.2, 0.25) is 0 Å². The summed E-state index contributed by atoms with van der Waals surface area (Å²) < 4.78 is 13.4. The van der Waals surface area contributed by atoms with Gasteiger partial charge in [0.05, 0.1) is 12.1 Å². The SMILES string of the molecule is CN1CCN(NC(=O)CNC(=O)c2ccccc2F)CC1. The van der Waals surface area contributed by atoms with Crippen LogP contribution in [0.1, 0.15) is 10.4 Å². The first-order valence-corrected chi connectivity index (χ1v) is 6.82. The summed E-state index contributed by atoms with van der Waals surface area (Å²) >= 11 is 0. The molecule has 1 saturated heterocycles. The van der Waals surface area contributed by atoms with Crippen molar-refractivity contribution in [2.45, 2.75) is 0 Å². The second-order valence-corrected chi connectivity index (χ2v) is 4.99. The van der Waals surface area contributed by atoms with E-state index in [4.69, 9.17) is 0 Å². The van der Waals surface area contributed by atoms with Gasteiger partial charge in [-0.3, -0.25) is 15.0 Å². The largest absolute Gasteiger partial charge is 0.343 e. The lowest BCUT2D eigenvalue weighted by Gasteiger charge is -2.32. The molecule has 1 fully saturated rings. The lowest BCUT2D eigenvalue weighted by Crippen LogP contribution is -2.54. The summed E-state index contributed by atoms with van der Waals surface area (Å²) in [5, 5.41) is 4.23. The van der Waals surface area contributed by atoms with Crippen LogP contribution in [0.25, 0.3) is 0 Å². The van der Waals surface area contributed by atoms with E-state index in [1.54, 1.807) is 6.07 Å².